The van der Waals surface area contributed by atoms with Crippen molar-refractivity contribution in [2.75, 3.05) is 12.8 Å². The minimum atomic E-state index is -3.99. The highest BCUT2D eigenvalue weighted by Gasteiger charge is 2.29. The van der Waals surface area contributed by atoms with E-state index in [1.807, 2.05) is 4.91 Å². The minimum Gasteiger partial charge on any atom is -0.462 e. The van der Waals surface area contributed by atoms with E-state index >= 15 is 0 Å². The van der Waals surface area contributed by atoms with Crippen molar-refractivity contribution in [1.29, 1.82) is 0 Å². The summed E-state index contributed by atoms with van der Waals surface area (Å²) in [5.74, 6) is -9.63. The fraction of sp³-hybridized carbons (Fsp3) is 0.533. The Hall–Kier alpha value is -2.13. The maximum Gasteiger partial charge on any atom is 0.344 e. The van der Waals surface area contributed by atoms with Crippen LogP contribution in [0.4, 0.5) is 23.2 Å². The molecular weight excluding hydrogens is 409 g/mol. The van der Waals surface area contributed by atoms with Crippen LogP contribution in [-0.4, -0.2) is 28.5 Å². The van der Waals surface area contributed by atoms with Crippen LogP contribution in [0.15, 0.2) is 5.11 Å². The average Bonchev–Trinajstić information content (AvgIpc) is 2.61. The first kappa shape index (κ1) is 23.9. The van der Waals surface area contributed by atoms with E-state index in [-0.39, 0.29) is 12.8 Å². The molecule has 28 heavy (non-hydrogen) atoms. The zero-order chi connectivity index (χ0) is 21.3. The number of ether oxygens (including phenoxy) is 1. The molecule has 0 saturated heterocycles. The Morgan fingerprint density at radius 1 is 0.964 bits per heavy atom. The summed E-state index contributed by atoms with van der Waals surface area (Å²) in [5.41, 5.74) is 5.08. The van der Waals surface area contributed by atoms with Crippen molar-refractivity contribution in [2.45, 2.75) is 38.5 Å². The molecule has 0 amide bonds. The lowest BCUT2D eigenvalue weighted by atomic mass is 10.1. The molecule has 0 aliphatic carbocycles. The fourth-order valence-corrected chi connectivity index (χ4v) is 2.93. The van der Waals surface area contributed by atoms with E-state index in [9.17, 15) is 26.9 Å². The van der Waals surface area contributed by atoms with Crippen molar-refractivity contribution in [1.82, 2.24) is 0 Å². The topological polar surface area (TPSA) is 133 Å². The normalized spacial score (nSPS) is 11.2. The van der Waals surface area contributed by atoms with E-state index in [0.717, 1.165) is 0 Å². The lowest BCUT2D eigenvalue weighted by Gasteiger charge is -2.09. The Morgan fingerprint density at radius 2 is 1.46 bits per heavy atom. The van der Waals surface area contributed by atoms with Gasteiger partial charge in [-0.1, -0.05) is 30.8 Å². The predicted octanol–water partition coefficient (Wildman–Crippen LogP) is 4.86. The van der Waals surface area contributed by atoms with Crippen molar-refractivity contribution in [3.63, 3.8) is 0 Å². The van der Waals surface area contributed by atoms with E-state index < -0.39 is 48.1 Å². The maximum atomic E-state index is 13.8. The molecule has 2 N–H and O–H groups in total. The number of esters is 1. The van der Waals surface area contributed by atoms with Gasteiger partial charge in [0.25, 0.3) is 0 Å². The van der Waals surface area contributed by atoms with Gasteiger partial charge in [0.05, 0.1) is 6.61 Å². The number of hydrogen-bond acceptors (Lipinski definition) is 4. The summed E-state index contributed by atoms with van der Waals surface area (Å²) in [6.45, 7) is -0.248. The number of hydrogen-bond donors (Lipinski definition) is 2. The number of nitrogens with zero attached hydrogens (tertiary/aromatic N) is 3. The maximum absolute atomic E-state index is 13.8. The number of unbranched alkanes of at least 4 members (excludes halogenated alkanes) is 5. The molecule has 1 aromatic rings. The second-order valence-corrected chi connectivity index (χ2v) is 7.59. The van der Waals surface area contributed by atoms with Crippen molar-refractivity contribution in [3.05, 3.63) is 39.3 Å². The molecule has 0 unspecified atom stereocenters. The average molecular weight is 427 g/mol. The molecule has 8 nitrogen and oxygen atoms in total. The quantitative estimate of drug-likeness (QED) is 0.0761. The predicted molar refractivity (Wildman–Crippen MR) is 90.0 cm³/mol. The lowest BCUT2D eigenvalue weighted by molar-refractivity contribution is 0.0484. The third-order valence-electron chi connectivity index (χ3n) is 3.67. The summed E-state index contributed by atoms with van der Waals surface area (Å²) in [4.78, 5) is 31.2. The van der Waals surface area contributed by atoms with Crippen molar-refractivity contribution in [2.24, 2.45) is 5.11 Å². The molecule has 0 aliphatic heterocycles. The summed E-state index contributed by atoms with van der Waals surface area (Å²) in [6, 6.07) is 0. The zero-order valence-corrected chi connectivity index (χ0v) is 15.5. The van der Waals surface area contributed by atoms with Gasteiger partial charge in [-0.05, 0) is 18.4 Å². The first-order valence-corrected chi connectivity index (χ1v) is 10.0. The first-order valence-electron chi connectivity index (χ1n) is 8.23. The van der Waals surface area contributed by atoms with Crippen LogP contribution in [0.1, 0.15) is 48.9 Å². The Balaban J connectivity index is 2.48. The third-order valence-corrected chi connectivity index (χ3v) is 4.56. The van der Waals surface area contributed by atoms with Crippen LogP contribution in [0.25, 0.3) is 10.4 Å². The fourth-order valence-electron chi connectivity index (χ4n) is 2.30. The molecule has 0 heterocycles. The summed E-state index contributed by atoms with van der Waals surface area (Å²) in [7, 11) is -3.99. The molecule has 0 bridgehead atoms. The van der Waals surface area contributed by atoms with Crippen molar-refractivity contribution >= 4 is 19.3 Å². The van der Waals surface area contributed by atoms with Crippen LogP contribution in [0, 0.1) is 23.3 Å². The van der Waals surface area contributed by atoms with Gasteiger partial charge in [-0.2, -0.15) is 0 Å². The van der Waals surface area contributed by atoms with Gasteiger partial charge in [-0.3, -0.25) is 4.57 Å². The van der Waals surface area contributed by atoms with Gasteiger partial charge in [0, 0.05) is 11.1 Å². The Morgan fingerprint density at radius 3 is 1.96 bits per heavy atom. The molecule has 156 valence electrons. The first-order chi connectivity index (χ1) is 13.1. The van der Waals surface area contributed by atoms with Gasteiger partial charge in [-0.15, -0.1) is 0 Å². The van der Waals surface area contributed by atoms with E-state index in [1.54, 1.807) is 0 Å². The van der Waals surface area contributed by atoms with Crippen LogP contribution in [0.3, 0.4) is 0 Å². The molecule has 0 radical (unpaired) electrons. The van der Waals surface area contributed by atoms with Crippen molar-refractivity contribution < 1.29 is 41.4 Å². The summed E-state index contributed by atoms with van der Waals surface area (Å²) >= 11 is 0. The molecule has 0 aromatic heterocycles. The molecule has 13 heteroatoms. The second kappa shape index (κ2) is 11.0. The van der Waals surface area contributed by atoms with E-state index in [1.165, 1.54) is 0 Å². The molecule has 0 saturated carbocycles. The van der Waals surface area contributed by atoms with Gasteiger partial charge in [-0.25, -0.2) is 22.4 Å². The van der Waals surface area contributed by atoms with Crippen molar-refractivity contribution in [3.8, 4) is 0 Å². The monoisotopic (exact) mass is 427 g/mol. The molecular formula is C15H18F4N3O5P. The van der Waals surface area contributed by atoms with E-state index in [2.05, 4.69) is 9.85 Å². The number of carbonyl (C=O) groups is 1. The third kappa shape index (κ3) is 7.12. The Labute approximate surface area is 157 Å². The van der Waals surface area contributed by atoms with Crippen LogP contribution >= 0.6 is 7.60 Å². The molecule has 1 aromatic carbocycles. The number of halogens is 4. The van der Waals surface area contributed by atoms with Gasteiger partial charge < -0.3 is 14.5 Å². The molecule has 0 fully saturated rings. The lowest BCUT2D eigenvalue weighted by Crippen LogP contribution is -2.14. The van der Waals surface area contributed by atoms with Gasteiger partial charge >= 0.3 is 13.6 Å². The van der Waals surface area contributed by atoms with Gasteiger partial charge in [0.2, 0.25) is 0 Å². The number of carbonyl (C=O) groups excluding carboxylic acids is 1. The highest BCUT2D eigenvalue weighted by Crippen LogP contribution is 2.35. The van der Waals surface area contributed by atoms with Crippen LogP contribution in [-0.2, 0) is 9.30 Å². The molecule has 0 aliphatic rings. The molecule has 0 spiro atoms. The van der Waals surface area contributed by atoms with Crippen LogP contribution in [0.2, 0.25) is 0 Å². The zero-order valence-electron chi connectivity index (χ0n) is 14.6. The second-order valence-electron chi connectivity index (χ2n) is 5.81. The van der Waals surface area contributed by atoms with E-state index in [0.29, 0.717) is 38.5 Å². The summed E-state index contributed by atoms with van der Waals surface area (Å²) in [6.07, 6.45) is 3.04. The number of benzene rings is 1. The standard InChI is InChI=1S/C15H18F4N3O5P/c16-10-9(11(17)13(19)14(12(10)18)21-22-20)15(23)27-7-5-3-1-2-4-6-8-28(24,25)26/h1-8H2,(H2,24,25,26). The SMILES string of the molecule is [N-]=[N+]=Nc1c(F)c(F)c(C(=O)OCCCCCCCCP(=O)(O)O)c(F)c1F. The largest absolute Gasteiger partial charge is 0.462 e. The van der Waals surface area contributed by atoms with E-state index in [4.69, 9.17) is 15.3 Å². The molecule has 0 atom stereocenters. The highest BCUT2D eigenvalue weighted by atomic mass is 31.2. The highest BCUT2D eigenvalue weighted by molar-refractivity contribution is 7.51. The summed E-state index contributed by atoms with van der Waals surface area (Å²) in [5, 5.41) is 2.51. The Kier molecular flexibility index (Phi) is 9.40. The number of azide groups is 1. The van der Waals surface area contributed by atoms with Gasteiger partial charge in [0.15, 0.2) is 23.3 Å². The Bertz CT molecular complexity index is 782. The summed E-state index contributed by atoms with van der Waals surface area (Å²) < 4.78 is 70.1. The number of rotatable bonds is 11. The smallest absolute Gasteiger partial charge is 0.344 e. The molecule has 1 rings (SSSR count). The van der Waals surface area contributed by atoms with Gasteiger partial charge in [0.1, 0.15) is 11.3 Å². The van der Waals surface area contributed by atoms with Crippen LogP contribution in [0.5, 0.6) is 0 Å². The minimum absolute atomic E-state index is 0.187. The van der Waals surface area contributed by atoms with Crippen LogP contribution < -0.4 is 0 Å².